The molecule has 1 fully saturated rings. The van der Waals surface area contributed by atoms with Crippen LogP contribution in [-0.4, -0.2) is 29.2 Å². The SMILES string of the molecule is CC1OC(C)C(C(=O)NCc2ccc(C(=O)O)cc2)C1C. The fourth-order valence-electron chi connectivity index (χ4n) is 2.79. The summed E-state index contributed by atoms with van der Waals surface area (Å²) in [5.41, 5.74) is 1.12. The standard InChI is InChI=1S/C16H21NO4/c1-9-10(2)21-11(3)14(9)15(18)17-8-12-4-6-13(7-5-12)16(19)20/h4-7,9-11,14H,8H2,1-3H3,(H,17,18)(H,19,20). The fourth-order valence-corrected chi connectivity index (χ4v) is 2.79. The van der Waals surface area contributed by atoms with E-state index < -0.39 is 5.97 Å². The number of hydrogen-bond acceptors (Lipinski definition) is 3. The predicted molar refractivity (Wildman–Crippen MR) is 77.9 cm³/mol. The Hall–Kier alpha value is -1.88. The summed E-state index contributed by atoms with van der Waals surface area (Å²) in [4.78, 5) is 23.0. The van der Waals surface area contributed by atoms with Crippen LogP contribution in [0.3, 0.4) is 0 Å². The van der Waals surface area contributed by atoms with E-state index in [0.717, 1.165) is 5.56 Å². The van der Waals surface area contributed by atoms with Crippen LogP contribution in [0, 0.1) is 11.8 Å². The first-order chi connectivity index (χ1) is 9.90. The van der Waals surface area contributed by atoms with Gasteiger partial charge < -0.3 is 15.2 Å². The molecule has 114 valence electrons. The van der Waals surface area contributed by atoms with E-state index in [2.05, 4.69) is 5.32 Å². The lowest BCUT2D eigenvalue weighted by atomic mass is 9.89. The number of carboxylic acids is 1. The molecule has 1 amide bonds. The van der Waals surface area contributed by atoms with Gasteiger partial charge in [0.25, 0.3) is 0 Å². The van der Waals surface area contributed by atoms with Crippen molar-refractivity contribution < 1.29 is 19.4 Å². The first kappa shape index (κ1) is 15.5. The van der Waals surface area contributed by atoms with Crippen LogP contribution in [0.2, 0.25) is 0 Å². The van der Waals surface area contributed by atoms with E-state index in [0.29, 0.717) is 6.54 Å². The van der Waals surface area contributed by atoms with Gasteiger partial charge in [-0.1, -0.05) is 19.1 Å². The first-order valence-corrected chi connectivity index (χ1v) is 7.15. The van der Waals surface area contributed by atoms with Crippen LogP contribution in [0.25, 0.3) is 0 Å². The Bertz CT molecular complexity index is 526. The second-order valence-corrected chi connectivity index (χ2v) is 5.65. The molecule has 0 spiro atoms. The molecule has 0 aliphatic carbocycles. The van der Waals surface area contributed by atoms with Crippen molar-refractivity contribution >= 4 is 11.9 Å². The van der Waals surface area contributed by atoms with Crippen LogP contribution >= 0.6 is 0 Å². The van der Waals surface area contributed by atoms with Gasteiger partial charge in [0.2, 0.25) is 5.91 Å². The molecule has 2 rings (SSSR count). The highest BCUT2D eigenvalue weighted by molar-refractivity contribution is 5.87. The molecule has 0 bridgehead atoms. The summed E-state index contributed by atoms with van der Waals surface area (Å²) in [5.74, 6) is -0.917. The zero-order chi connectivity index (χ0) is 15.6. The third-order valence-electron chi connectivity index (χ3n) is 4.21. The summed E-state index contributed by atoms with van der Waals surface area (Å²) >= 11 is 0. The van der Waals surface area contributed by atoms with Gasteiger partial charge in [-0.15, -0.1) is 0 Å². The Labute approximate surface area is 124 Å². The quantitative estimate of drug-likeness (QED) is 0.890. The topological polar surface area (TPSA) is 75.6 Å². The maximum atomic E-state index is 12.3. The average Bonchev–Trinajstić information content (AvgIpc) is 2.70. The zero-order valence-electron chi connectivity index (χ0n) is 12.5. The second-order valence-electron chi connectivity index (χ2n) is 5.65. The average molecular weight is 291 g/mol. The Morgan fingerprint density at radius 2 is 1.76 bits per heavy atom. The number of carbonyl (C=O) groups is 2. The van der Waals surface area contributed by atoms with Gasteiger partial charge in [0.1, 0.15) is 0 Å². The van der Waals surface area contributed by atoms with Crippen molar-refractivity contribution in [3.05, 3.63) is 35.4 Å². The Morgan fingerprint density at radius 1 is 1.14 bits per heavy atom. The summed E-state index contributed by atoms with van der Waals surface area (Å²) in [7, 11) is 0. The van der Waals surface area contributed by atoms with E-state index in [-0.39, 0.29) is 35.5 Å². The number of rotatable bonds is 4. The normalized spacial score (nSPS) is 28.3. The first-order valence-electron chi connectivity index (χ1n) is 7.15. The lowest BCUT2D eigenvalue weighted by Crippen LogP contribution is -2.36. The summed E-state index contributed by atoms with van der Waals surface area (Å²) in [6, 6.07) is 6.50. The van der Waals surface area contributed by atoms with E-state index in [9.17, 15) is 9.59 Å². The van der Waals surface area contributed by atoms with Gasteiger partial charge in [0.05, 0.1) is 23.7 Å². The summed E-state index contributed by atoms with van der Waals surface area (Å²) in [6.07, 6.45) is 0.00925. The van der Waals surface area contributed by atoms with Gasteiger partial charge in [0.15, 0.2) is 0 Å². The summed E-state index contributed by atoms with van der Waals surface area (Å²) in [6.45, 7) is 6.33. The molecule has 1 aromatic rings. The number of aromatic carboxylic acids is 1. The molecule has 1 aromatic carbocycles. The second kappa shape index (κ2) is 6.26. The molecule has 5 heteroatoms. The van der Waals surface area contributed by atoms with Crippen LogP contribution in [0.15, 0.2) is 24.3 Å². The lowest BCUT2D eigenvalue weighted by Gasteiger charge is -2.18. The van der Waals surface area contributed by atoms with Crippen LogP contribution in [0.5, 0.6) is 0 Å². The van der Waals surface area contributed by atoms with E-state index in [4.69, 9.17) is 9.84 Å². The molecule has 5 nitrogen and oxygen atoms in total. The molecule has 4 unspecified atom stereocenters. The number of benzene rings is 1. The summed E-state index contributed by atoms with van der Waals surface area (Å²) in [5, 5.41) is 11.7. The van der Waals surface area contributed by atoms with Crippen LogP contribution in [0.4, 0.5) is 0 Å². The Kier molecular flexibility index (Phi) is 4.63. The van der Waals surface area contributed by atoms with Crippen molar-refractivity contribution in [3.8, 4) is 0 Å². The lowest BCUT2D eigenvalue weighted by molar-refractivity contribution is -0.127. The molecule has 1 aliphatic heterocycles. The minimum absolute atomic E-state index is 0.0124. The van der Waals surface area contributed by atoms with E-state index in [1.165, 1.54) is 12.1 Å². The fraction of sp³-hybridized carbons (Fsp3) is 0.500. The molecule has 1 saturated heterocycles. The number of ether oxygens (including phenoxy) is 1. The van der Waals surface area contributed by atoms with Gasteiger partial charge in [-0.3, -0.25) is 4.79 Å². The van der Waals surface area contributed by atoms with Crippen LogP contribution in [-0.2, 0) is 16.1 Å². The minimum Gasteiger partial charge on any atom is -0.478 e. The molecular formula is C16H21NO4. The Morgan fingerprint density at radius 3 is 2.24 bits per heavy atom. The molecule has 21 heavy (non-hydrogen) atoms. The number of amides is 1. The van der Waals surface area contributed by atoms with Crippen molar-refractivity contribution in [3.63, 3.8) is 0 Å². The van der Waals surface area contributed by atoms with Gasteiger partial charge in [-0.05, 0) is 37.5 Å². The summed E-state index contributed by atoms with van der Waals surface area (Å²) < 4.78 is 5.68. The molecule has 2 N–H and O–H groups in total. The van der Waals surface area contributed by atoms with Crippen molar-refractivity contribution in [2.45, 2.75) is 39.5 Å². The van der Waals surface area contributed by atoms with Gasteiger partial charge in [-0.2, -0.15) is 0 Å². The maximum Gasteiger partial charge on any atom is 0.335 e. The van der Waals surface area contributed by atoms with E-state index >= 15 is 0 Å². The maximum absolute atomic E-state index is 12.3. The van der Waals surface area contributed by atoms with Gasteiger partial charge in [-0.25, -0.2) is 4.79 Å². The highest BCUT2D eigenvalue weighted by Gasteiger charge is 2.41. The Balaban J connectivity index is 1.93. The highest BCUT2D eigenvalue weighted by Crippen LogP contribution is 2.32. The number of carbonyl (C=O) groups excluding carboxylic acids is 1. The van der Waals surface area contributed by atoms with Crippen molar-refractivity contribution in [1.82, 2.24) is 5.32 Å². The van der Waals surface area contributed by atoms with Crippen molar-refractivity contribution in [2.75, 3.05) is 0 Å². The van der Waals surface area contributed by atoms with Crippen LogP contribution in [0.1, 0.15) is 36.7 Å². The number of nitrogens with one attached hydrogen (secondary N) is 1. The van der Waals surface area contributed by atoms with E-state index in [1.807, 2.05) is 20.8 Å². The minimum atomic E-state index is -0.953. The third-order valence-corrected chi connectivity index (χ3v) is 4.21. The third kappa shape index (κ3) is 3.42. The van der Waals surface area contributed by atoms with Gasteiger partial charge in [0, 0.05) is 6.54 Å². The molecule has 4 atom stereocenters. The largest absolute Gasteiger partial charge is 0.478 e. The molecule has 1 heterocycles. The monoisotopic (exact) mass is 291 g/mol. The predicted octanol–water partition coefficient (Wildman–Crippen LogP) is 2.06. The highest BCUT2D eigenvalue weighted by atomic mass is 16.5. The van der Waals surface area contributed by atoms with Crippen LogP contribution < -0.4 is 5.32 Å². The van der Waals surface area contributed by atoms with Gasteiger partial charge >= 0.3 is 5.97 Å². The molecule has 0 aromatic heterocycles. The number of carboxylic acid groups (broad SMARTS) is 1. The van der Waals surface area contributed by atoms with Crippen molar-refractivity contribution in [2.24, 2.45) is 11.8 Å². The smallest absolute Gasteiger partial charge is 0.335 e. The molecule has 0 saturated carbocycles. The zero-order valence-corrected chi connectivity index (χ0v) is 12.5. The number of hydrogen-bond donors (Lipinski definition) is 2. The molecule has 0 radical (unpaired) electrons. The molecule has 1 aliphatic rings. The van der Waals surface area contributed by atoms with Crippen molar-refractivity contribution in [1.29, 1.82) is 0 Å². The van der Waals surface area contributed by atoms with E-state index in [1.54, 1.807) is 12.1 Å². The molecular weight excluding hydrogens is 270 g/mol.